The maximum absolute atomic E-state index is 11.8. The van der Waals surface area contributed by atoms with Crippen LogP contribution in [0.15, 0.2) is 0 Å². The van der Waals surface area contributed by atoms with Gasteiger partial charge in [-0.3, -0.25) is 4.21 Å². The Morgan fingerprint density at radius 2 is 2.00 bits per heavy atom. The van der Waals surface area contributed by atoms with E-state index >= 15 is 0 Å². The molecule has 0 aromatic rings. The molecular weight excluding hydrogens is 222 g/mol. The number of aliphatic hydroxyl groups is 1. The van der Waals surface area contributed by atoms with E-state index in [9.17, 15) is 9.32 Å². The lowest BCUT2D eigenvalue weighted by atomic mass is 10.1. The molecule has 0 bridgehead atoms. The lowest BCUT2D eigenvalue weighted by molar-refractivity contribution is 0.191. The molecule has 3 nitrogen and oxygen atoms in total. The minimum Gasteiger partial charge on any atom is -0.391 e. The fourth-order valence-corrected chi connectivity index (χ4v) is 3.70. The van der Waals surface area contributed by atoms with Crippen LogP contribution in [0.25, 0.3) is 0 Å². The molecule has 0 aliphatic heterocycles. The van der Waals surface area contributed by atoms with Gasteiger partial charge in [0.05, 0.1) is 11.9 Å². The van der Waals surface area contributed by atoms with Gasteiger partial charge in [-0.2, -0.15) is 0 Å². The Bertz CT molecular complexity index is 215. The van der Waals surface area contributed by atoms with E-state index in [0.717, 1.165) is 5.75 Å². The van der Waals surface area contributed by atoms with Crippen LogP contribution >= 0.6 is 0 Å². The topological polar surface area (TPSA) is 49.3 Å². The van der Waals surface area contributed by atoms with Crippen molar-refractivity contribution in [2.75, 3.05) is 18.1 Å². The lowest BCUT2D eigenvalue weighted by Gasteiger charge is -2.15. The largest absolute Gasteiger partial charge is 0.391 e. The zero-order chi connectivity index (χ0) is 12.0. The average molecular weight is 247 g/mol. The first-order chi connectivity index (χ1) is 7.58. The highest BCUT2D eigenvalue weighted by molar-refractivity contribution is 7.85. The van der Waals surface area contributed by atoms with E-state index in [1.54, 1.807) is 0 Å². The zero-order valence-electron chi connectivity index (χ0n) is 10.4. The van der Waals surface area contributed by atoms with Crippen molar-refractivity contribution in [3.63, 3.8) is 0 Å². The summed E-state index contributed by atoms with van der Waals surface area (Å²) in [7, 11) is -0.845. The first-order valence-corrected chi connectivity index (χ1v) is 7.83. The normalized spacial score (nSPS) is 21.5. The molecule has 1 aliphatic carbocycles. The molecule has 0 heterocycles. The Balaban J connectivity index is 2.12. The molecule has 1 aliphatic rings. The fraction of sp³-hybridized carbons (Fsp3) is 1.00. The highest BCUT2D eigenvalue weighted by Gasteiger charge is 2.19. The molecule has 16 heavy (non-hydrogen) atoms. The Morgan fingerprint density at radius 1 is 1.38 bits per heavy atom. The van der Waals surface area contributed by atoms with Gasteiger partial charge in [0.25, 0.3) is 0 Å². The molecule has 0 saturated heterocycles. The molecule has 0 aromatic carbocycles. The van der Waals surface area contributed by atoms with E-state index in [4.69, 9.17) is 0 Å². The summed E-state index contributed by atoms with van der Waals surface area (Å²) in [6.07, 6.45) is 4.57. The Hall–Kier alpha value is 0.0700. The van der Waals surface area contributed by atoms with E-state index in [0.29, 0.717) is 24.3 Å². The molecule has 4 heteroatoms. The molecule has 0 aromatic heterocycles. The lowest BCUT2D eigenvalue weighted by Crippen LogP contribution is -2.35. The summed E-state index contributed by atoms with van der Waals surface area (Å²) >= 11 is 0. The smallest absolute Gasteiger partial charge is 0.0779 e. The van der Waals surface area contributed by atoms with Crippen LogP contribution in [0.3, 0.4) is 0 Å². The number of aliphatic hydroxyl groups excluding tert-OH is 1. The van der Waals surface area contributed by atoms with Crippen LogP contribution in [0.5, 0.6) is 0 Å². The minimum atomic E-state index is -0.845. The molecule has 2 atom stereocenters. The van der Waals surface area contributed by atoms with Crippen molar-refractivity contribution in [1.82, 2.24) is 5.32 Å². The van der Waals surface area contributed by atoms with Crippen molar-refractivity contribution in [3.8, 4) is 0 Å². The van der Waals surface area contributed by atoms with Gasteiger partial charge in [-0.15, -0.1) is 0 Å². The maximum Gasteiger partial charge on any atom is 0.0779 e. The summed E-state index contributed by atoms with van der Waals surface area (Å²) in [6.45, 7) is 4.64. The number of hydrogen-bond acceptors (Lipinski definition) is 3. The number of hydrogen-bond donors (Lipinski definition) is 2. The van der Waals surface area contributed by atoms with Crippen LogP contribution < -0.4 is 5.32 Å². The Morgan fingerprint density at radius 3 is 2.56 bits per heavy atom. The van der Waals surface area contributed by atoms with E-state index in [-0.39, 0.29) is 0 Å². The van der Waals surface area contributed by atoms with Crippen molar-refractivity contribution in [3.05, 3.63) is 0 Å². The van der Waals surface area contributed by atoms with Crippen molar-refractivity contribution in [2.24, 2.45) is 5.92 Å². The van der Waals surface area contributed by atoms with Crippen molar-refractivity contribution >= 4 is 10.8 Å². The van der Waals surface area contributed by atoms with Gasteiger partial charge < -0.3 is 10.4 Å². The molecule has 0 radical (unpaired) electrons. The zero-order valence-corrected chi connectivity index (χ0v) is 11.3. The second-order valence-electron chi connectivity index (χ2n) is 5.14. The van der Waals surface area contributed by atoms with Gasteiger partial charge in [-0.1, -0.05) is 26.7 Å². The molecule has 2 unspecified atom stereocenters. The van der Waals surface area contributed by atoms with E-state index < -0.39 is 16.9 Å². The summed E-state index contributed by atoms with van der Waals surface area (Å²) in [5.74, 6) is 1.86. The molecule has 2 N–H and O–H groups in total. The minimum absolute atomic E-state index is 0.373. The second-order valence-corrected chi connectivity index (χ2v) is 6.69. The van der Waals surface area contributed by atoms with Gasteiger partial charge in [0.2, 0.25) is 0 Å². The van der Waals surface area contributed by atoms with Gasteiger partial charge in [0, 0.05) is 29.1 Å². The van der Waals surface area contributed by atoms with Crippen LogP contribution in [0, 0.1) is 5.92 Å². The van der Waals surface area contributed by atoms with E-state index in [2.05, 4.69) is 5.32 Å². The molecular formula is C12H25NO2S. The second kappa shape index (κ2) is 7.41. The van der Waals surface area contributed by atoms with Gasteiger partial charge in [-0.25, -0.2) is 0 Å². The summed E-state index contributed by atoms with van der Waals surface area (Å²) in [4.78, 5) is 0. The summed E-state index contributed by atoms with van der Waals surface area (Å²) in [5.41, 5.74) is 0. The van der Waals surface area contributed by atoms with Crippen LogP contribution in [0.1, 0.15) is 39.5 Å². The SMILES string of the molecule is CC(C)NCC(O)CS(=O)CC1CCCC1. The van der Waals surface area contributed by atoms with Crippen molar-refractivity contribution < 1.29 is 9.32 Å². The van der Waals surface area contributed by atoms with Crippen molar-refractivity contribution in [1.29, 1.82) is 0 Å². The number of nitrogens with one attached hydrogen (secondary N) is 1. The van der Waals surface area contributed by atoms with Crippen LogP contribution in [-0.2, 0) is 10.8 Å². The first-order valence-electron chi connectivity index (χ1n) is 6.34. The van der Waals surface area contributed by atoms with Gasteiger partial charge in [0.1, 0.15) is 0 Å². The molecule has 0 amide bonds. The molecule has 1 fully saturated rings. The van der Waals surface area contributed by atoms with Crippen LogP contribution in [0.2, 0.25) is 0 Å². The quantitative estimate of drug-likeness (QED) is 0.712. The Labute approximate surface area is 101 Å². The average Bonchev–Trinajstić information content (AvgIpc) is 2.67. The highest BCUT2D eigenvalue weighted by Crippen LogP contribution is 2.25. The van der Waals surface area contributed by atoms with E-state index in [1.165, 1.54) is 25.7 Å². The summed E-state index contributed by atoms with van der Waals surface area (Å²) < 4.78 is 11.8. The molecule has 0 spiro atoms. The van der Waals surface area contributed by atoms with Crippen LogP contribution in [0.4, 0.5) is 0 Å². The van der Waals surface area contributed by atoms with Gasteiger partial charge >= 0.3 is 0 Å². The molecule has 1 rings (SSSR count). The monoisotopic (exact) mass is 247 g/mol. The molecule has 1 saturated carbocycles. The summed E-state index contributed by atoms with van der Waals surface area (Å²) in [5, 5.41) is 12.8. The maximum atomic E-state index is 11.8. The standard InChI is InChI=1S/C12H25NO2S/c1-10(2)13-7-12(14)9-16(15)8-11-5-3-4-6-11/h10-14H,3-9H2,1-2H3. The highest BCUT2D eigenvalue weighted by atomic mass is 32.2. The third-order valence-corrected chi connectivity index (χ3v) is 4.64. The van der Waals surface area contributed by atoms with Gasteiger partial charge in [0.15, 0.2) is 0 Å². The van der Waals surface area contributed by atoms with Crippen molar-refractivity contribution in [2.45, 2.75) is 51.7 Å². The fourth-order valence-electron chi connectivity index (χ4n) is 2.15. The molecule has 96 valence electrons. The first kappa shape index (κ1) is 14.1. The van der Waals surface area contributed by atoms with Gasteiger partial charge in [-0.05, 0) is 18.8 Å². The number of rotatable bonds is 7. The Kier molecular flexibility index (Phi) is 6.54. The third kappa shape index (κ3) is 5.97. The summed E-state index contributed by atoms with van der Waals surface area (Å²) in [6, 6.07) is 0.373. The van der Waals surface area contributed by atoms with Crippen LogP contribution in [-0.4, -0.2) is 39.5 Å². The predicted molar refractivity (Wildman–Crippen MR) is 69.0 cm³/mol. The third-order valence-electron chi connectivity index (χ3n) is 3.04. The van der Waals surface area contributed by atoms with E-state index in [1.807, 2.05) is 13.8 Å². The predicted octanol–water partition coefficient (Wildman–Crippen LogP) is 1.28.